The summed E-state index contributed by atoms with van der Waals surface area (Å²) in [4.78, 5) is 29.0. The van der Waals surface area contributed by atoms with Crippen LogP contribution in [0.5, 0.6) is 0 Å². The van der Waals surface area contributed by atoms with E-state index in [0.717, 1.165) is 37.9 Å². The maximum atomic E-state index is 12.0. The first kappa shape index (κ1) is 22.7. The number of carbonyl (C=O) groups is 2. The zero-order chi connectivity index (χ0) is 20.2. The van der Waals surface area contributed by atoms with Crippen molar-refractivity contribution in [2.24, 2.45) is 0 Å². The molecule has 9 nitrogen and oxygen atoms in total. The summed E-state index contributed by atoms with van der Waals surface area (Å²) in [6, 6.07) is 0.491. The minimum atomic E-state index is -0.299. The summed E-state index contributed by atoms with van der Waals surface area (Å²) >= 11 is 1.53. The molecule has 1 aliphatic carbocycles. The Morgan fingerprint density at radius 2 is 1.96 bits per heavy atom. The number of aryl methyl sites for hydroxylation is 1. The number of ether oxygens (including phenoxy) is 2. The Labute approximate surface area is 169 Å². The molecule has 1 aromatic heterocycles. The Kier molecular flexibility index (Phi) is 10.4. The first-order chi connectivity index (χ1) is 13.6. The fourth-order valence-corrected chi connectivity index (χ4v) is 3.90. The second kappa shape index (κ2) is 12.8. The topological polar surface area (TPSA) is 122 Å². The van der Waals surface area contributed by atoms with E-state index < -0.39 is 0 Å². The molecule has 4 N–H and O–H groups in total. The molecular formula is C18H30N4O5S. The molecule has 0 aromatic carbocycles. The van der Waals surface area contributed by atoms with Gasteiger partial charge in [0.05, 0.1) is 25.5 Å². The molecule has 1 aliphatic rings. The van der Waals surface area contributed by atoms with Crippen molar-refractivity contribution in [1.29, 1.82) is 0 Å². The highest BCUT2D eigenvalue weighted by Crippen LogP contribution is 2.29. The fourth-order valence-electron chi connectivity index (χ4n) is 2.80. The fraction of sp³-hybridized carbons (Fsp3) is 0.722. The summed E-state index contributed by atoms with van der Waals surface area (Å²) in [6.07, 6.45) is 4.09. The van der Waals surface area contributed by atoms with Crippen LogP contribution in [-0.4, -0.2) is 74.1 Å². The molecule has 0 saturated heterocycles. The number of fused-ring (bicyclic) bond motifs is 1. The summed E-state index contributed by atoms with van der Waals surface area (Å²) in [5.74, 6) is -0.556. The van der Waals surface area contributed by atoms with Crippen LogP contribution in [-0.2, 0) is 31.9 Å². The normalized spacial score (nSPS) is 15.9. The van der Waals surface area contributed by atoms with Crippen LogP contribution in [0.4, 0.5) is 5.13 Å². The van der Waals surface area contributed by atoms with Crippen LogP contribution < -0.4 is 16.0 Å². The number of carbonyl (C=O) groups excluding carboxylic acids is 2. The number of rotatable bonds is 13. The third kappa shape index (κ3) is 8.19. The monoisotopic (exact) mass is 414 g/mol. The molecule has 0 saturated carbocycles. The second-order valence-electron chi connectivity index (χ2n) is 6.51. The zero-order valence-electron chi connectivity index (χ0n) is 16.3. The van der Waals surface area contributed by atoms with Crippen molar-refractivity contribution in [2.75, 3.05) is 51.4 Å². The van der Waals surface area contributed by atoms with Crippen molar-refractivity contribution in [1.82, 2.24) is 15.6 Å². The summed E-state index contributed by atoms with van der Waals surface area (Å²) in [7, 11) is 0. The van der Waals surface area contributed by atoms with E-state index in [1.807, 2.05) is 0 Å². The molecule has 0 fully saturated rings. The molecule has 0 spiro atoms. The average Bonchev–Trinajstić information content (AvgIpc) is 3.08. The third-order valence-corrected chi connectivity index (χ3v) is 5.18. The van der Waals surface area contributed by atoms with Crippen LogP contribution in [0.3, 0.4) is 0 Å². The van der Waals surface area contributed by atoms with Gasteiger partial charge in [-0.2, -0.15) is 0 Å². The first-order valence-corrected chi connectivity index (χ1v) is 10.5. The summed E-state index contributed by atoms with van der Waals surface area (Å²) in [5.41, 5.74) is 1.09. The van der Waals surface area contributed by atoms with Crippen molar-refractivity contribution in [3.8, 4) is 0 Å². The van der Waals surface area contributed by atoms with Crippen molar-refractivity contribution < 1.29 is 24.2 Å². The smallest absolute Gasteiger partial charge is 0.252 e. The van der Waals surface area contributed by atoms with E-state index in [4.69, 9.17) is 14.6 Å². The molecule has 0 radical (unpaired) electrons. The number of nitrogens with zero attached hydrogens (tertiary/aromatic N) is 1. The minimum Gasteiger partial charge on any atom is -0.395 e. The molecule has 2 amide bonds. The van der Waals surface area contributed by atoms with Gasteiger partial charge in [-0.1, -0.05) is 6.92 Å². The van der Waals surface area contributed by atoms with Crippen LogP contribution in [0.1, 0.15) is 30.3 Å². The lowest BCUT2D eigenvalue weighted by atomic mass is 9.98. The van der Waals surface area contributed by atoms with Crippen LogP contribution >= 0.6 is 11.3 Å². The van der Waals surface area contributed by atoms with Gasteiger partial charge in [0.25, 0.3) is 5.91 Å². The van der Waals surface area contributed by atoms with Gasteiger partial charge in [0.15, 0.2) is 5.13 Å². The maximum absolute atomic E-state index is 12.0. The highest BCUT2D eigenvalue weighted by molar-refractivity contribution is 7.15. The number of amides is 2. The molecule has 0 aliphatic heterocycles. The van der Waals surface area contributed by atoms with Gasteiger partial charge in [-0.25, -0.2) is 4.98 Å². The summed E-state index contributed by atoms with van der Waals surface area (Å²) < 4.78 is 10.4. The lowest BCUT2D eigenvalue weighted by molar-refractivity contribution is -0.127. The van der Waals surface area contributed by atoms with Crippen molar-refractivity contribution in [3.05, 3.63) is 10.6 Å². The molecule has 0 unspecified atom stereocenters. The maximum Gasteiger partial charge on any atom is 0.252 e. The molecule has 1 aromatic rings. The van der Waals surface area contributed by atoms with E-state index in [2.05, 4.69) is 27.9 Å². The first-order valence-electron chi connectivity index (χ1n) is 9.67. The van der Waals surface area contributed by atoms with E-state index in [1.54, 1.807) is 0 Å². The van der Waals surface area contributed by atoms with Gasteiger partial charge >= 0.3 is 0 Å². The van der Waals surface area contributed by atoms with Crippen LogP contribution in [0.2, 0.25) is 0 Å². The number of anilines is 1. The van der Waals surface area contributed by atoms with Gasteiger partial charge in [0.2, 0.25) is 5.91 Å². The number of aromatic nitrogens is 1. The number of aliphatic hydroxyl groups is 1. The molecule has 1 atom stereocenters. The summed E-state index contributed by atoms with van der Waals surface area (Å²) in [6.45, 7) is 3.50. The lowest BCUT2D eigenvalue weighted by Gasteiger charge is -2.21. The van der Waals surface area contributed by atoms with E-state index in [1.165, 1.54) is 16.2 Å². The van der Waals surface area contributed by atoms with E-state index in [0.29, 0.717) is 11.2 Å². The SMILES string of the molecule is CCCN[C@H]1CCc2nc(NC(=O)COCCOCC(=O)NCCO)sc2C1. The molecular weight excluding hydrogens is 384 g/mol. The quantitative estimate of drug-likeness (QED) is 0.337. The molecule has 1 heterocycles. The molecule has 10 heteroatoms. The van der Waals surface area contributed by atoms with Gasteiger partial charge in [-0.15, -0.1) is 11.3 Å². The summed E-state index contributed by atoms with van der Waals surface area (Å²) in [5, 5.41) is 18.0. The van der Waals surface area contributed by atoms with Gasteiger partial charge in [-0.05, 0) is 32.2 Å². The zero-order valence-corrected chi connectivity index (χ0v) is 17.1. The number of hydrogen-bond acceptors (Lipinski definition) is 8. The standard InChI is InChI=1S/C18H30N4O5S/c1-2-5-19-13-3-4-14-15(10-13)28-18(21-14)22-17(25)12-27-9-8-26-11-16(24)20-6-7-23/h13,19,23H,2-12H2,1H3,(H,20,24)(H,21,22,25)/t13-/m0/s1. The van der Waals surface area contributed by atoms with Crippen molar-refractivity contribution in [2.45, 2.75) is 38.6 Å². The Bertz CT molecular complexity index is 625. The lowest BCUT2D eigenvalue weighted by Crippen LogP contribution is -2.34. The predicted octanol–water partition coefficient (Wildman–Crippen LogP) is 0.0802. The largest absolute Gasteiger partial charge is 0.395 e. The van der Waals surface area contributed by atoms with Crippen molar-refractivity contribution in [3.63, 3.8) is 0 Å². The highest BCUT2D eigenvalue weighted by Gasteiger charge is 2.22. The van der Waals surface area contributed by atoms with E-state index in [-0.39, 0.29) is 51.4 Å². The van der Waals surface area contributed by atoms with Crippen molar-refractivity contribution >= 4 is 28.3 Å². The van der Waals surface area contributed by atoms with Gasteiger partial charge < -0.3 is 25.2 Å². The average molecular weight is 415 g/mol. The van der Waals surface area contributed by atoms with Crippen LogP contribution in [0, 0.1) is 0 Å². The van der Waals surface area contributed by atoms with E-state index in [9.17, 15) is 9.59 Å². The van der Waals surface area contributed by atoms with Gasteiger partial charge in [0.1, 0.15) is 13.2 Å². The van der Waals surface area contributed by atoms with Gasteiger partial charge in [0, 0.05) is 17.5 Å². The van der Waals surface area contributed by atoms with Crippen LogP contribution in [0.15, 0.2) is 0 Å². The number of hydrogen-bond donors (Lipinski definition) is 4. The molecule has 2 rings (SSSR count). The number of aliphatic hydroxyl groups excluding tert-OH is 1. The Morgan fingerprint density at radius 1 is 1.21 bits per heavy atom. The number of thiazole rings is 1. The van der Waals surface area contributed by atoms with Crippen LogP contribution in [0.25, 0.3) is 0 Å². The minimum absolute atomic E-state index is 0.0923. The highest BCUT2D eigenvalue weighted by atomic mass is 32.1. The molecule has 158 valence electrons. The second-order valence-corrected chi connectivity index (χ2v) is 7.59. The third-order valence-electron chi connectivity index (χ3n) is 4.14. The Balaban J connectivity index is 1.60. The molecule has 0 bridgehead atoms. The Morgan fingerprint density at radius 3 is 2.68 bits per heavy atom. The van der Waals surface area contributed by atoms with E-state index >= 15 is 0 Å². The Hall–Kier alpha value is -1.59. The number of nitrogens with one attached hydrogen (secondary N) is 3. The molecule has 28 heavy (non-hydrogen) atoms. The van der Waals surface area contributed by atoms with Gasteiger partial charge in [-0.3, -0.25) is 14.9 Å². The predicted molar refractivity (Wildman–Crippen MR) is 107 cm³/mol.